The highest BCUT2D eigenvalue weighted by Gasteiger charge is 2.19. The molecular weight excluding hydrogens is 438 g/mol. The molecule has 0 aliphatic carbocycles. The summed E-state index contributed by atoms with van der Waals surface area (Å²) in [5.74, 6) is -0.239. The van der Waals surface area contributed by atoms with E-state index in [1.54, 1.807) is 23.6 Å². The van der Waals surface area contributed by atoms with Gasteiger partial charge in [-0.3, -0.25) is 9.78 Å². The van der Waals surface area contributed by atoms with Gasteiger partial charge in [-0.1, -0.05) is 24.3 Å². The van der Waals surface area contributed by atoms with Gasteiger partial charge in [0.05, 0.1) is 13.2 Å². The van der Waals surface area contributed by atoms with Gasteiger partial charge in [0.2, 0.25) is 0 Å². The first-order valence-electron chi connectivity index (χ1n) is 10.7. The van der Waals surface area contributed by atoms with Crippen LogP contribution in [0.25, 0.3) is 0 Å². The van der Waals surface area contributed by atoms with Gasteiger partial charge < -0.3 is 20.3 Å². The maximum Gasteiger partial charge on any atom is 0.322 e. The number of carbonyl (C=O) groups excluding carboxylic acids is 2. The fourth-order valence-corrected chi connectivity index (χ4v) is 4.03. The molecule has 0 atom stereocenters. The molecule has 0 saturated carbocycles. The minimum Gasteiger partial charge on any atom is -0.383 e. The molecule has 0 radical (unpaired) electrons. The third-order valence-corrected chi connectivity index (χ3v) is 5.90. The van der Waals surface area contributed by atoms with Gasteiger partial charge in [0, 0.05) is 49.6 Å². The van der Waals surface area contributed by atoms with Gasteiger partial charge >= 0.3 is 6.03 Å². The van der Waals surface area contributed by atoms with Crippen LogP contribution in [0.1, 0.15) is 32.3 Å². The number of aromatic nitrogens is 2. The quantitative estimate of drug-likeness (QED) is 0.473. The van der Waals surface area contributed by atoms with Crippen LogP contribution in [0, 0.1) is 13.8 Å². The van der Waals surface area contributed by atoms with Crippen LogP contribution >= 0.6 is 11.3 Å². The Hall–Kier alpha value is -3.30. The van der Waals surface area contributed by atoms with Crippen molar-refractivity contribution in [1.82, 2.24) is 20.2 Å². The Kier molecular flexibility index (Phi) is 8.91. The fraction of sp³-hybridized carbons (Fsp3) is 0.333. The molecule has 3 aromatic rings. The van der Waals surface area contributed by atoms with Crippen molar-refractivity contribution in [2.24, 2.45) is 0 Å². The minimum atomic E-state index is -0.239. The number of aryl methyl sites for hydroxylation is 2. The smallest absolute Gasteiger partial charge is 0.322 e. The zero-order valence-corrected chi connectivity index (χ0v) is 19.9. The van der Waals surface area contributed by atoms with E-state index in [1.807, 2.05) is 50.2 Å². The average Bonchev–Trinajstić information content (AvgIpc) is 3.28. The molecule has 0 bridgehead atoms. The largest absolute Gasteiger partial charge is 0.383 e. The molecule has 8 nitrogen and oxygen atoms in total. The summed E-state index contributed by atoms with van der Waals surface area (Å²) in [6, 6.07) is 11.3. The number of hydrogen-bond donors (Lipinski definition) is 2. The van der Waals surface area contributed by atoms with E-state index in [-0.39, 0.29) is 18.5 Å². The molecule has 3 amide bonds. The second-order valence-corrected chi connectivity index (χ2v) is 8.51. The number of rotatable bonds is 10. The summed E-state index contributed by atoms with van der Waals surface area (Å²) >= 11 is 1.35. The summed E-state index contributed by atoms with van der Waals surface area (Å²) in [4.78, 5) is 35.8. The molecule has 2 heterocycles. The van der Waals surface area contributed by atoms with Gasteiger partial charge in [0.25, 0.3) is 5.91 Å². The van der Waals surface area contributed by atoms with Crippen LogP contribution in [0.2, 0.25) is 0 Å². The first kappa shape index (κ1) is 24.3. The maximum absolute atomic E-state index is 13.0. The second-order valence-electron chi connectivity index (χ2n) is 7.56. The van der Waals surface area contributed by atoms with E-state index >= 15 is 0 Å². The van der Waals surface area contributed by atoms with E-state index in [4.69, 9.17) is 4.74 Å². The van der Waals surface area contributed by atoms with Crippen molar-refractivity contribution in [2.45, 2.75) is 26.8 Å². The fourth-order valence-electron chi connectivity index (χ4n) is 3.24. The van der Waals surface area contributed by atoms with Gasteiger partial charge in [0.1, 0.15) is 10.7 Å². The van der Waals surface area contributed by atoms with Gasteiger partial charge in [0.15, 0.2) is 0 Å². The number of para-hydroxylation sites is 1. The maximum atomic E-state index is 13.0. The van der Waals surface area contributed by atoms with Crippen LogP contribution < -0.4 is 10.6 Å². The first-order valence-corrected chi connectivity index (χ1v) is 11.6. The van der Waals surface area contributed by atoms with Crippen LogP contribution in [0.15, 0.2) is 48.0 Å². The Morgan fingerprint density at radius 3 is 2.61 bits per heavy atom. The van der Waals surface area contributed by atoms with Crippen molar-refractivity contribution < 1.29 is 14.3 Å². The van der Waals surface area contributed by atoms with Crippen LogP contribution in [-0.2, 0) is 17.7 Å². The minimum absolute atomic E-state index is 0.235. The number of carbonyl (C=O) groups is 2. The number of benzene rings is 1. The highest BCUT2D eigenvalue weighted by molar-refractivity contribution is 7.09. The molecule has 9 heteroatoms. The normalized spacial score (nSPS) is 10.6. The number of nitrogens with one attached hydrogen (secondary N) is 2. The molecule has 1 aromatic carbocycles. The lowest BCUT2D eigenvalue weighted by molar-refractivity contribution is 0.0949. The van der Waals surface area contributed by atoms with E-state index in [0.717, 1.165) is 22.5 Å². The highest BCUT2D eigenvalue weighted by atomic mass is 32.1. The third-order valence-electron chi connectivity index (χ3n) is 5.07. The number of ether oxygens (including phenoxy) is 1. The first-order chi connectivity index (χ1) is 16.0. The molecule has 0 unspecified atom stereocenters. The Morgan fingerprint density at radius 2 is 1.91 bits per heavy atom. The monoisotopic (exact) mass is 467 g/mol. The highest BCUT2D eigenvalue weighted by Crippen LogP contribution is 2.21. The molecule has 33 heavy (non-hydrogen) atoms. The number of thiazole rings is 1. The van der Waals surface area contributed by atoms with Crippen molar-refractivity contribution >= 4 is 29.0 Å². The van der Waals surface area contributed by atoms with Crippen molar-refractivity contribution in [3.8, 4) is 0 Å². The van der Waals surface area contributed by atoms with Crippen LogP contribution in [0.4, 0.5) is 10.5 Å². The van der Waals surface area contributed by atoms with Gasteiger partial charge in [-0.15, -0.1) is 11.3 Å². The topological polar surface area (TPSA) is 96.4 Å². The average molecular weight is 468 g/mol. The van der Waals surface area contributed by atoms with E-state index in [9.17, 15) is 9.59 Å². The Morgan fingerprint density at radius 1 is 1.12 bits per heavy atom. The number of hydrogen-bond acceptors (Lipinski definition) is 6. The lowest BCUT2D eigenvalue weighted by Gasteiger charge is -2.23. The Balaban J connectivity index is 1.60. The van der Waals surface area contributed by atoms with Gasteiger partial charge in [-0.25, -0.2) is 9.78 Å². The third kappa shape index (κ3) is 7.10. The van der Waals surface area contributed by atoms with E-state index < -0.39 is 0 Å². The summed E-state index contributed by atoms with van der Waals surface area (Å²) in [7, 11) is 1.60. The molecule has 2 aromatic heterocycles. The molecule has 0 aliphatic heterocycles. The second kappa shape index (κ2) is 12.1. The van der Waals surface area contributed by atoms with Crippen molar-refractivity contribution in [3.63, 3.8) is 0 Å². The lowest BCUT2D eigenvalue weighted by Crippen LogP contribution is -2.37. The standard InChI is InChI=1S/C24H29N5O3S/c1-17-7-6-8-18(2)22(17)28-24(31)29(13-14-32-3)15-21-27-20(16-33-21)23(30)26-12-10-19-9-4-5-11-25-19/h4-9,11,16H,10,12-15H2,1-3H3,(H,26,30)(H,28,31). The number of pyridine rings is 1. The molecule has 0 spiro atoms. The number of methoxy groups -OCH3 is 1. The van der Waals surface area contributed by atoms with Crippen molar-refractivity contribution in [3.05, 3.63) is 75.5 Å². The molecule has 0 saturated heterocycles. The molecule has 2 N–H and O–H groups in total. The molecule has 0 aliphatic rings. The van der Waals surface area contributed by atoms with Gasteiger partial charge in [-0.2, -0.15) is 0 Å². The predicted octanol–water partition coefficient (Wildman–Crippen LogP) is 3.81. The summed E-state index contributed by atoms with van der Waals surface area (Å²) in [5.41, 5.74) is 4.05. The number of urea groups is 1. The van der Waals surface area contributed by atoms with E-state index in [2.05, 4.69) is 20.6 Å². The zero-order chi connectivity index (χ0) is 23.6. The number of nitrogens with zero attached hydrogens (tertiary/aromatic N) is 3. The van der Waals surface area contributed by atoms with Crippen LogP contribution in [0.3, 0.4) is 0 Å². The lowest BCUT2D eigenvalue weighted by atomic mass is 10.1. The van der Waals surface area contributed by atoms with Crippen molar-refractivity contribution in [1.29, 1.82) is 0 Å². The SMILES string of the molecule is COCCN(Cc1nc(C(=O)NCCc2ccccn2)cs1)C(=O)Nc1c(C)cccc1C. The summed E-state index contributed by atoms with van der Waals surface area (Å²) in [6.07, 6.45) is 2.38. The van der Waals surface area contributed by atoms with Crippen LogP contribution in [-0.4, -0.2) is 53.6 Å². The summed E-state index contributed by atoms with van der Waals surface area (Å²) in [6.45, 7) is 5.47. The molecule has 174 valence electrons. The Labute approximate surface area is 198 Å². The molecular formula is C24H29N5O3S. The number of amides is 3. The summed E-state index contributed by atoms with van der Waals surface area (Å²) < 4.78 is 5.17. The van der Waals surface area contributed by atoms with E-state index in [0.29, 0.717) is 36.8 Å². The van der Waals surface area contributed by atoms with E-state index in [1.165, 1.54) is 11.3 Å². The molecule has 3 rings (SSSR count). The Bertz CT molecular complexity index is 1050. The predicted molar refractivity (Wildman–Crippen MR) is 130 cm³/mol. The zero-order valence-electron chi connectivity index (χ0n) is 19.1. The van der Waals surface area contributed by atoms with Gasteiger partial charge in [-0.05, 0) is 37.1 Å². The molecule has 0 fully saturated rings. The van der Waals surface area contributed by atoms with Crippen LogP contribution in [0.5, 0.6) is 0 Å². The summed E-state index contributed by atoms with van der Waals surface area (Å²) in [5, 5.41) is 8.26. The van der Waals surface area contributed by atoms with Crippen molar-refractivity contribution in [2.75, 3.05) is 32.1 Å². The number of anilines is 1.